The molecule has 0 amide bonds. The number of carbonyl (C=O) groups excluding carboxylic acids is 1. The van der Waals surface area contributed by atoms with E-state index in [0.717, 1.165) is 25.2 Å². The minimum atomic E-state index is -0.409. The maximum atomic E-state index is 12.2. The molecule has 3 N–H and O–H groups in total. The third kappa shape index (κ3) is 5.22. The number of esters is 1. The molecule has 30 heavy (non-hydrogen) atoms. The second kappa shape index (κ2) is 9.99. The number of nitrogens with two attached hydrogens (primary N) is 1. The van der Waals surface area contributed by atoms with Gasteiger partial charge < -0.3 is 15.2 Å². The quantitative estimate of drug-likeness (QED) is 0.376. The lowest BCUT2D eigenvalue weighted by atomic mass is 10.1. The highest BCUT2D eigenvalue weighted by molar-refractivity contribution is 5.89. The molecule has 10 heteroatoms. The van der Waals surface area contributed by atoms with E-state index in [9.17, 15) is 9.59 Å². The third-order valence-corrected chi connectivity index (χ3v) is 4.67. The van der Waals surface area contributed by atoms with Crippen LogP contribution in [0.2, 0.25) is 0 Å². The Hall–Kier alpha value is -3.24. The summed E-state index contributed by atoms with van der Waals surface area (Å²) in [7, 11) is 0. The Kier molecular flexibility index (Phi) is 7.15. The summed E-state index contributed by atoms with van der Waals surface area (Å²) in [5.74, 6) is -0.395. The van der Waals surface area contributed by atoms with E-state index in [0.29, 0.717) is 11.2 Å². The molecule has 3 rings (SSSR count). The number of imidazole rings is 1. The van der Waals surface area contributed by atoms with Gasteiger partial charge in [-0.2, -0.15) is 4.98 Å². The molecule has 0 aliphatic heterocycles. The Morgan fingerprint density at radius 1 is 1.20 bits per heavy atom. The predicted molar refractivity (Wildman–Crippen MR) is 112 cm³/mol. The van der Waals surface area contributed by atoms with Gasteiger partial charge in [-0.15, -0.1) is 0 Å². The van der Waals surface area contributed by atoms with E-state index < -0.39 is 11.5 Å². The number of carbonyl (C=O) groups is 1. The first-order valence-electron chi connectivity index (χ1n) is 9.78. The van der Waals surface area contributed by atoms with E-state index >= 15 is 0 Å². The molecule has 0 fully saturated rings. The fourth-order valence-electron chi connectivity index (χ4n) is 2.96. The number of fused-ring (bicyclic) bond motifs is 1. The van der Waals surface area contributed by atoms with Crippen LogP contribution in [-0.2, 0) is 22.7 Å². The number of nitrogens with zero attached hydrogens (tertiary/aromatic N) is 4. The van der Waals surface area contributed by atoms with Gasteiger partial charge in [0.2, 0.25) is 5.95 Å². The van der Waals surface area contributed by atoms with Gasteiger partial charge in [0.25, 0.3) is 5.56 Å². The lowest BCUT2D eigenvalue weighted by Gasteiger charge is -2.17. The summed E-state index contributed by atoms with van der Waals surface area (Å²) < 4.78 is 12.3. The van der Waals surface area contributed by atoms with Crippen molar-refractivity contribution in [3.8, 4) is 0 Å². The molecular formula is C20H26N6O4. The Balaban J connectivity index is 1.44. The SMILES string of the molecule is CCN(CC)Cc1ccc(C(=O)OCCOCn2cnc3c(=O)[nH]c(N)nc32)cc1. The van der Waals surface area contributed by atoms with Crippen LogP contribution in [0.4, 0.5) is 5.95 Å². The summed E-state index contributed by atoms with van der Waals surface area (Å²) in [4.78, 5) is 36.6. The Morgan fingerprint density at radius 2 is 1.93 bits per heavy atom. The Bertz CT molecular complexity index is 1040. The van der Waals surface area contributed by atoms with Crippen LogP contribution < -0.4 is 11.3 Å². The van der Waals surface area contributed by atoms with Crippen molar-refractivity contribution in [1.29, 1.82) is 0 Å². The van der Waals surface area contributed by atoms with Crippen LogP contribution >= 0.6 is 0 Å². The number of hydrogen-bond donors (Lipinski definition) is 2. The molecule has 2 aromatic heterocycles. The lowest BCUT2D eigenvalue weighted by molar-refractivity contribution is 0.0181. The average molecular weight is 414 g/mol. The predicted octanol–water partition coefficient (Wildman–Crippen LogP) is 1.37. The van der Waals surface area contributed by atoms with Crippen molar-refractivity contribution in [3.05, 3.63) is 52.1 Å². The maximum Gasteiger partial charge on any atom is 0.338 e. The van der Waals surface area contributed by atoms with Gasteiger partial charge in [0.15, 0.2) is 11.2 Å². The summed E-state index contributed by atoms with van der Waals surface area (Å²) in [6.45, 7) is 7.45. The zero-order valence-electron chi connectivity index (χ0n) is 17.1. The normalized spacial score (nSPS) is 11.3. The zero-order valence-corrected chi connectivity index (χ0v) is 17.1. The zero-order chi connectivity index (χ0) is 21.5. The number of rotatable bonds is 10. The van der Waals surface area contributed by atoms with Crippen molar-refractivity contribution in [3.63, 3.8) is 0 Å². The topological polar surface area (TPSA) is 128 Å². The largest absolute Gasteiger partial charge is 0.460 e. The molecule has 0 bridgehead atoms. The molecule has 0 aliphatic carbocycles. The van der Waals surface area contributed by atoms with Crippen LogP contribution in [0.1, 0.15) is 29.8 Å². The van der Waals surface area contributed by atoms with Crippen molar-refractivity contribution in [1.82, 2.24) is 24.4 Å². The summed E-state index contributed by atoms with van der Waals surface area (Å²) in [5.41, 5.74) is 7.31. The van der Waals surface area contributed by atoms with E-state index in [1.807, 2.05) is 12.1 Å². The molecule has 0 unspecified atom stereocenters. The number of aromatic amines is 1. The van der Waals surface area contributed by atoms with E-state index in [1.165, 1.54) is 6.33 Å². The van der Waals surface area contributed by atoms with Crippen LogP contribution in [0.3, 0.4) is 0 Å². The minimum absolute atomic E-state index is 0.00583. The van der Waals surface area contributed by atoms with Crippen LogP contribution in [0.25, 0.3) is 11.2 Å². The molecule has 0 atom stereocenters. The van der Waals surface area contributed by atoms with Crippen LogP contribution in [0.5, 0.6) is 0 Å². The van der Waals surface area contributed by atoms with E-state index in [-0.39, 0.29) is 31.4 Å². The molecule has 0 saturated carbocycles. The second-order valence-electron chi connectivity index (χ2n) is 6.67. The smallest absolute Gasteiger partial charge is 0.338 e. The number of ether oxygens (including phenoxy) is 2. The van der Waals surface area contributed by atoms with Gasteiger partial charge in [-0.1, -0.05) is 26.0 Å². The third-order valence-electron chi connectivity index (χ3n) is 4.67. The highest BCUT2D eigenvalue weighted by atomic mass is 16.6. The van der Waals surface area contributed by atoms with Crippen molar-refractivity contribution < 1.29 is 14.3 Å². The van der Waals surface area contributed by atoms with Crippen LogP contribution in [0.15, 0.2) is 35.4 Å². The van der Waals surface area contributed by atoms with E-state index in [1.54, 1.807) is 16.7 Å². The van der Waals surface area contributed by atoms with Gasteiger partial charge in [0.05, 0.1) is 18.5 Å². The molecule has 160 valence electrons. The van der Waals surface area contributed by atoms with Crippen molar-refractivity contribution in [2.75, 3.05) is 32.0 Å². The molecule has 10 nitrogen and oxygen atoms in total. The van der Waals surface area contributed by atoms with Gasteiger partial charge >= 0.3 is 5.97 Å². The molecule has 0 spiro atoms. The first-order chi connectivity index (χ1) is 14.5. The number of anilines is 1. The first-order valence-corrected chi connectivity index (χ1v) is 9.78. The number of nitrogens with one attached hydrogen (secondary N) is 1. The van der Waals surface area contributed by atoms with Crippen LogP contribution in [-0.4, -0.2) is 56.7 Å². The van der Waals surface area contributed by atoms with E-state index in [2.05, 4.69) is 33.7 Å². The Labute approximate surface area is 173 Å². The molecule has 3 aromatic rings. The molecule has 0 radical (unpaired) electrons. The average Bonchev–Trinajstić information content (AvgIpc) is 3.15. The summed E-state index contributed by atoms with van der Waals surface area (Å²) in [6.07, 6.45) is 1.44. The molecule has 1 aromatic carbocycles. The van der Waals surface area contributed by atoms with Gasteiger partial charge in [-0.25, -0.2) is 9.78 Å². The molecule has 0 saturated heterocycles. The maximum absolute atomic E-state index is 12.2. The van der Waals surface area contributed by atoms with Gasteiger partial charge in [0, 0.05) is 6.54 Å². The number of H-pyrrole nitrogens is 1. The summed E-state index contributed by atoms with van der Waals surface area (Å²) in [5, 5.41) is 0. The molecule has 0 aliphatic rings. The molecule has 2 heterocycles. The van der Waals surface area contributed by atoms with E-state index in [4.69, 9.17) is 15.2 Å². The van der Waals surface area contributed by atoms with Gasteiger partial charge in [-0.3, -0.25) is 19.2 Å². The number of benzene rings is 1. The first kappa shape index (κ1) is 21.5. The fraction of sp³-hybridized carbons (Fsp3) is 0.400. The number of hydrogen-bond acceptors (Lipinski definition) is 8. The second-order valence-corrected chi connectivity index (χ2v) is 6.67. The highest BCUT2D eigenvalue weighted by Crippen LogP contribution is 2.09. The highest BCUT2D eigenvalue weighted by Gasteiger charge is 2.10. The Morgan fingerprint density at radius 3 is 2.63 bits per heavy atom. The summed E-state index contributed by atoms with van der Waals surface area (Å²) >= 11 is 0. The van der Waals surface area contributed by atoms with Gasteiger partial charge in [0.1, 0.15) is 13.3 Å². The number of aromatic nitrogens is 4. The summed E-state index contributed by atoms with van der Waals surface area (Å²) in [6, 6.07) is 7.42. The van der Waals surface area contributed by atoms with Crippen molar-refractivity contribution in [2.45, 2.75) is 27.1 Å². The fourth-order valence-corrected chi connectivity index (χ4v) is 2.96. The lowest BCUT2D eigenvalue weighted by Crippen LogP contribution is -2.22. The van der Waals surface area contributed by atoms with Crippen molar-refractivity contribution >= 4 is 23.1 Å². The van der Waals surface area contributed by atoms with Crippen LogP contribution in [0, 0.1) is 0 Å². The van der Waals surface area contributed by atoms with Crippen molar-refractivity contribution in [2.24, 2.45) is 0 Å². The standard InChI is InChI=1S/C20H26N6O4/c1-3-25(4-2)11-14-5-7-15(8-6-14)19(28)30-10-9-29-13-26-12-22-16-17(26)23-20(21)24-18(16)27/h5-8,12H,3-4,9-11,13H2,1-2H3,(H3,21,23,24,27). The van der Waals surface area contributed by atoms with Gasteiger partial charge in [-0.05, 0) is 30.8 Å². The molecular weight excluding hydrogens is 388 g/mol. The minimum Gasteiger partial charge on any atom is -0.460 e. The number of nitrogen functional groups attached to an aromatic ring is 1. The monoisotopic (exact) mass is 414 g/mol.